The van der Waals surface area contributed by atoms with Gasteiger partial charge in [0.2, 0.25) is 0 Å². The van der Waals surface area contributed by atoms with Crippen molar-refractivity contribution in [3.8, 4) is 0 Å². The van der Waals surface area contributed by atoms with Crippen LogP contribution >= 0.6 is 0 Å². The zero-order valence-corrected chi connectivity index (χ0v) is 13.3. The van der Waals surface area contributed by atoms with E-state index in [2.05, 4.69) is 16.7 Å². The highest BCUT2D eigenvalue weighted by molar-refractivity contribution is 5.96. The molecule has 0 aliphatic carbocycles. The van der Waals surface area contributed by atoms with Crippen molar-refractivity contribution < 1.29 is 9.90 Å². The van der Waals surface area contributed by atoms with Gasteiger partial charge in [0.15, 0.2) is 0 Å². The lowest BCUT2D eigenvalue weighted by atomic mass is 9.95. The summed E-state index contributed by atoms with van der Waals surface area (Å²) < 4.78 is 0. The van der Waals surface area contributed by atoms with Gasteiger partial charge >= 0.3 is 0 Å². The van der Waals surface area contributed by atoms with E-state index in [9.17, 15) is 9.90 Å². The molecule has 120 valence electrons. The van der Waals surface area contributed by atoms with Crippen molar-refractivity contribution in [2.24, 2.45) is 0 Å². The van der Waals surface area contributed by atoms with E-state index in [1.807, 2.05) is 43.3 Å². The minimum atomic E-state index is -0.697. The van der Waals surface area contributed by atoms with Crippen LogP contribution in [-0.2, 0) is 13.0 Å². The van der Waals surface area contributed by atoms with Crippen molar-refractivity contribution in [2.45, 2.75) is 26.0 Å². The summed E-state index contributed by atoms with van der Waals surface area (Å²) in [7, 11) is 0. The van der Waals surface area contributed by atoms with Crippen LogP contribution in [0.1, 0.15) is 38.7 Å². The first-order chi connectivity index (χ1) is 11.1. The van der Waals surface area contributed by atoms with Crippen LogP contribution in [0.15, 0.2) is 42.5 Å². The first kappa shape index (κ1) is 15.7. The second kappa shape index (κ2) is 6.94. The Balaban J connectivity index is 1.67. The number of hydrogen-bond acceptors (Lipinski definition) is 3. The average molecular weight is 310 g/mol. The van der Waals surface area contributed by atoms with Crippen molar-refractivity contribution >= 4 is 5.91 Å². The number of fused-ring (bicyclic) bond motifs is 1. The van der Waals surface area contributed by atoms with Crippen LogP contribution in [0.3, 0.4) is 0 Å². The maximum atomic E-state index is 12.5. The summed E-state index contributed by atoms with van der Waals surface area (Å²) in [4.78, 5) is 12.5. The number of hydrogen-bond donors (Lipinski definition) is 3. The van der Waals surface area contributed by atoms with Crippen molar-refractivity contribution in [1.82, 2.24) is 10.6 Å². The number of benzene rings is 2. The van der Waals surface area contributed by atoms with Gasteiger partial charge in [-0.2, -0.15) is 0 Å². The minimum Gasteiger partial charge on any atom is -0.387 e. The fourth-order valence-electron chi connectivity index (χ4n) is 2.92. The third-order valence-corrected chi connectivity index (χ3v) is 4.31. The van der Waals surface area contributed by atoms with E-state index in [0.717, 1.165) is 36.2 Å². The van der Waals surface area contributed by atoms with Crippen LogP contribution < -0.4 is 10.6 Å². The van der Waals surface area contributed by atoms with Crippen molar-refractivity contribution in [3.05, 3.63) is 70.3 Å². The van der Waals surface area contributed by atoms with E-state index >= 15 is 0 Å². The summed E-state index contributed by atoms with van der Waals surface area (Å²) in [5.41, 5.74) is 4.96. The lowest BCUT2D eigenvalue weighted by Gasteiger charge is -2.20. The number of aliphatic hydroxyl groups is 1. The Morgan fingerprint density at radius 2 is 2.04 bits per heavy atom. The Morgan fingerprint density at radius 1 is 1.26 bits per heavy atom. The standard InChI is InChI=1S/C19H22N2O2/c1-13-5-7-15(8-6-13)18(22)12-21-19(23)16-4-2-3-14-9-10-20-11-17(14)16/h2-8,18,20,22H,9-12H2,1H3,(H,21,23). The second-order valence-corrected chi connectivity index (χ2v) is 6.01. The molecular formula is C19H22N2O2. The van der Waals surface area contributed by atoms with Crippen LogP contribution in [-0.4, -0.2) is 24.1 Å². The van der Waals surface area contributed by atoms with Crippen LogP contribution in [0.25, 0.3) is 0 Å². The van der Waals surface area contributed by atoms with Gasteiger partial charge in [-0.25, -0.2) is 0 Å². The third kappa shape index (κ3) is 3.60. The van der Waals surface area contributed by atoms with Gasteiger partial charge in [0.25, 0.3) is 5.91 Å². The van der Waals surface area contributed by atoms with E-state index in [1.54, 1.807) is 0 Å². The van der Waals surface area contributed by atoms with Gasteiger partial charge in [-0.05, 0) is 42.6 Å². The second-order valence-electron chi connectivity index (χ2n) is 6.01. The zero-order valence-electron chi connectivity index (χ0n) is 13.3. The van der Waals surface area contributed by atoms with E-state index in [4.69, 9.17) is 0 Å². The van der Waals surface area contributed by atoms with Crippen LogP contribution in [0, 0.1) is 6.92 Å². The van der Waals surface area contributed by atoms with Crippen LogP contribution in [0.4, 0.5) is 0 Å². The molecule has 23 heavy (non-hydrogen) atoms. The SMILES string of the molecule is Cc1ccc(C(O)CNC(=O)c2cccc3c2CNCC3)cc1. The van der Waals surface area contributed by atoms with Crippen LogP contribution in [0.5, 0.6) is 0 Å². The molecule has 3 N–H and O–H groups in total. The summed E-state index contributed by atoms with van der Waals surface area (Å²) in [6.45, 7) is 3.88. The zero-order chi connectivity index (χ0) is 16.2. The predicted molar refractivity (Wildman–Crippen MR) is 90.3 cm³/mol. The summed E-state index contributed by atoms with van der Waals surface area (Å²) in [6, 6.07) is 13.5. The van der Waals surface area contributed by atoms with E-state index in [-0.39, 0.29) is 12.5 Å². The lowest BCUT2D eigenvalue weighted by Crippen LogP contribution is -2.32. The summed E-state index contributed by atoms with van der Waals surface area (Å²) in [5, 5.41) is 16.4. The van der Waals surface area contributed by atoms with E-state index in [0.29, 0.717) is 5.56 Å². The first-order valence-electron chi connectivity index (χ1n) is 7.99. The molecular weight excluding hydrogens is 288 g/mol. The fourth-order valence-corrected chi connectivity index (χ4v) is 2.92. The molecule has 1 aliphatic rings. The molecule has 2 aromatic carbocycles. The molecule has 0 saturated carbocycles. The molecule has 4 nitrogen and oxygen atoms in total. The molecule has 0 radical (unpaired) electrons. The molecule has 1 heterocycles. The molecule has 4 heteroatoms. The highest BCUT2D eigenvalue weighted by Gasteiger charge is 2.18. The third-order valence-electron chi connectivity index (χ3n) is 4.31. The minimum absolute atomic E-state index is 0.128. The Labute approximate surface area is 136 Å². The van der Waals surface area contributed by atoms with Gasteiger partial charge in [-0.1, -0.05) is 42.0 Å². The number of nitrogens with one attached hydrogen (secondary N) is 2. The molecule has 1 amide bonds. The van der Waals surface area contributed by atoms with Gasteiger partial charge < -0.3 is 15.7 Å². The molecule has 1 unspecified atom stereocenters. The summed E-state index contributed by atoms with van der Waals surface area (Å²) in [5.74, 6) is -0.128. The number of aliphatic hydroxyl groups excluding tert-OH is 1. The topological polar surface area (TPSA) is 61.4 Å². The molecule has 0 fully saturated rings. The first-order valence-corrected chi connectivity index (χ1v) is 7.99. The molecule has 1 atom stereocenters. The van der Waals surface area contributed by atoms with Crippen molar-refractivity contribution in [3.63, 3.8) is 0 Å². The van der Waals surface area contributed by atoms with Gasteiger partial charge in [-0.15, -0.1) is 0 Å². The van der Waals surface area contributed by atoms with E-state index in [1.165, 1.54) is 5.56 Å². The normalized spacial score (nSPS) is 14.9. The Bertz CT molecular complexity index is 695. The van der Waals surface area contributed by atoms with Gasteiger partial charge in [0.1, 0.15) is 0 Å². The molecule has 0 bridgehead atoms. The predicted octanol–water partition coefficient (Wildman–Crippen LogP) is 2.10. The smallest absolute Gasteiger partial charge is 0.251 e. The molecule has 1 aliphatic heterocycles. The largest absolute Gasteiger partial charge is 0.387 e. The quantitative estimate of drug-likeness (QED) is 0.810. The summed E-state index contributed by atoms with van der Waals surface area (Å²) >= 11 is 0. The number of rotatable bonds is 4. The fraction of sp³-hybridized carbons (Fsp3) is 0.316. The maximum absolute atomic E-state index is 12.5. The highest BCUT2D eigenvalue weighted by Crippen LogP contribution is 2.19. The molecule has 2 aromatic rings. The summed E-state index contributed by atoms with van der Waals surface area (Å²) in [6.07, 6.45) is 0.250. The van der Waals surface area contributed by atoms with Gasteiger partial charge in [0, 0.05) is 18.7 Å². The molecule has 0 aromatic heterocycles. The van der Waals surface area contributed by atoms with Gasteiger partial charge in [-0.3, -0.25) is 4.79 Å². The maximum Gasteiger partial charge on any atom is 0.251 e. The van der Waals surface area contributed by atoms with Crippen LogP contribution in [0.2, 0.25) is 0 Å². The lowest BCUT2D eigenvalue weighted by molar-refractivity contribution is 0.0915. The molecule has 0 spiro atoms. The average Bonchev–Trinajstić information content (AvgIpc) is 2.59. The number of aryl methyl sites for hydroxylation is 1. The monoisotopic (exact) mass is 310 g/mol. The number of amides is 1. The van der Waals surface area contributed by atoms with Crippen molar-refractivity contribution in [2.75, 3.05) is 13.1 Å². The number of carbonyl (C=O) groups is 1. The Kier molecular flexibility index (Phi) is 4.74. The molecule has 0 saturated heterocycles. The molecule has 3 rings (SSSR count). The van der Waals surface area contributed by atoms with E-state index < -0.39 is 6.10 Å². The highest BCUT2D eigenvalue weighted by atomic mass is 16.3. The number of carbonyl (C=O) groups excluding carboxylic acids is 1. The Hall–Kier alpha value is -2.17. The van der Waals surface area contributed by atoms with Crippen molar-refractivity contribution in [1.29, 1.82) is 0 Å². The Morgan fingerprint density at radius 3 is 2.83 bits per heavy atom. The van der Waals surface area contributed by atoms with Gasteiger partial charge in [0.05, 0.1) is 6.10 Å².